The van der Waals surface area contributed by atoms with Crippen LogP contribution in [-0.2, 0) is 6.42 Å². The monoisotopic (exact) mass is 354 g/mol. The summed E-state index contributed by atoms with van der Waals surface area (Å²) in [5, 5.41) is 4.79. The van der Waals surface area contributed by atoms with Crippen molar-refractivity contribution in [1.82, 2.24) is 9.78 Å². The van der Waals surface area contributed by atoms with Crippen LogP contribution in [0.2, 0.25) is 0 Å². The maximum Gasteiger partial charge on any atom is 0.0627 e. The summed E-state index contributed by atoms with van der Waals surface area (Å²) in [6, 6.07) is 2.72. The van der Waals surface area contributed by atoms with E-state index in [0.717, 1.165) is 24.7 Å². The maximum atomic E-state index is 4.79. The maximum absolute atomic E-state index is 4.79. The van der Waals surface area contributed by atoms with Gasteiger partial charge in [-0.25, -0.2) is 0 Å². The Morgan fingerprint density at radius 3 is 2.71 bits per heavy atom. The van der Waals surface area contributed by atoms with Crippen molar-refractivity contribution in [2.75, 3.05) is 0 Å². The van der Waals surface area contributed by atoms with Crippen LogP contribution in [0.15, 0.2) is 12.3 Å². The molecule has 0 bridgehead atoms. The number of hydrogen-bond donors (Lipinski definition) is 0. The van der Waals surface area contributed by atoms with E-state index in [1.54, 1.807) is 0 Å². The van der Waals surface area contributed by atoms with Crippen molar-refractivity contribution in [3.63, 3.8) is 0 Å². The summed E-state index contributed by atoms with van der Waals surface area (Å²) >= 11 is 3.92. The molecule has 1 fully saturated rings. The Morgan fingerprint density at radius 2 is 2.10 bits per heavy atom. The highest BCUT2D eigenvalue weighted by Gasteiger charge is 2.35. The number of rotatable bonds is 4. The zero-order valence-electron chi connectivity index (χ0n) is 14.3. The van der Waals surface area contributed by atoms with Gasteiger partial charge in [0.15, 0.2) is 0 Å². The minimum Gasteiger partial charge on any atom is -0.270 e. The van der Waals surface area contributed by atoms with Gasteiger partial charge < -0.3 is 0 Å². The molecule has 2 nitrogen and oxygen atoms in total. The number of halogens is 1. The highest BCUT2D eigenvalue weighted by Crippen LogP contribution is 2.43. The van der Waals surface area contributed by atoms with Crippen LogP contribution in [0.25, 0.3) is 0 Å². The van der Waals surface area contributed by atoms with Crippen LogP contribution < -0.4 is 0 Å². The third kappa shape index (κ3) is 4.34. The second kappa shape index (κ2) is 6.85. The Labute approximate surface area is 138 Å². The Hall–Kier alpha value is -0.310. The third-order valence-corrected chi connectivity index (χ3v) is 6.50. The molecule has 0 radical (unpaired) electrons. The molecule has 0 N–H and O–H groups in total. The quantitative estimate of drug-likeness (QED) is 0.641. The molecular formula is C18H31BrN2. The van der Waals surface area contributed by atoms with E-state index in [9.17, 15) is 0 Å². The molecule has 1 heterocycles. The van der Waals surface area contributed by atoms with Gasteiger partial charge in [0.25, 0.3) is 0 Å². The minimum absolute atomic E-state index is 0.432. The van der Waals surface area contributed by atoms with E-state index in [1.165, 1.54) is 25.0 Å². The molecule has 1 aromatic rings. The van der Waals surface area contributed by atoms with Gasteiger partial charge in [-0.1, -0.05) is 43.6 Å². The van der Waals surface area contributed by atoms with Crippen LogP contribution in [0.3, 0.4) is 0 Å². The molecule has 0 aromatic carbocycles. The van der Waals surface area contributed by atoms with Gasteiger partial charge >= 0.3 is 0 Å². The van der Waals surface area contributed by atoms with Crippen molar-refractivity contribution in [3.05, 3.63) is 18.0 Å². The Morgan fingerprint density at radius 1 is 1.38 bits per heavy atom. The van der Waals surface area contributed by atoms with Crippen LogP contribution in [0, 0.1) is 17.3 Å². The molecule has 0 amide bonds. The Kier molecular flexibility index (Phi) is 5.56. The van der Waals surface area contributed by atoms with Crippen molar-refractivity contribution < 1.29 is 0 Å². The number of hydrogen-bond acceptors (Lipinski definition) is 1. The van der Waals surface area contributed by atoms with Crippen LogP contribution in [-0.4, -0.2) is 14.6 Å². The topological polar surface area (TPSA) is 17.8 Å². The van der Waals surface area contributed by atoms with Gasteiger partial charge in [-0.2, -0.15) is 5.10 Å². The molecule has 2 rings (SSSR count). The van der Waals surface area contributed by atoms with Gasteiger partial charge in [-0.15, -0.1) is 0 Å². The first-order valence-electron chi connectivity index (χ1n) is 8.49. The third-order valence-electron chi connectivity index (χ3n) is 5.29. The van der Waals surface area contributed by atoms with E-state index in [1.807, 2.05) is 0 Å². The second-order valence-electron chi connectivity index (χ2n) is 7.90. The molecule has 1 saturated carbocycles. The Balaban J connectivity index is 2.01. The lowest BCUT2D eigenvalue weighted by Crippen LogP contribution is -2.33. The molecule has 1 aliphatic carbocycles. The van der Waals surface area contributed by atoms with Crippen LogP contribution in [0.4, 0.5) is 0 Å². The molecule has 4 atom stereocenters. The van der Waals surface area contributed by atoms with Crippen molar-refractivity contribution >= 4 is 15.9 Å². The largest absolute Gasteiger partial charge is 0.270 e. The summed E-state index contributed by atoms with van der Waals surface area (Å²) in [5.41, 5.74) is 1.70. The van der Waals surface area contributed by atoms with E-state index in [0.29, 0.717) is 16.3 Å². The normalized spacial score (nSPS) is 28.6. The molecule has 4 unspecified atom stereocenters. The molecule has 3 heteroatoms. The lowest BCUT2D eigenvalue weighted by Gasteiger charge is -2.40. The van der Waals surface area contributed by atoms with E-state index < -0.39 is 0 Å². The predicted octanol–water partition coefficient (Wildman–Crippen LogP) is 5.62. The zero-order valence-corrected chi connectivity index (χ0v) is 15.9. The molecule has 0 saturated heterocycles. The van der Waals surface area contributed by atoms with Gasteiger partial charge in [0.1, 0.15) is 0 Å². The van der Waals surface area contributed by atoms with Crippen molar-refractivity contribution in [3.8, 4) is 0 Å². The van der Waals surface area contributed by atoms with Gasteiger partial charge in [-0.3, -0.25) is 4.68 Å². The first-order valence-corrected chi connectivity index (χ1v) is 9.41. The molecule has 120 valence electrons. The van der Waals surface area contributed by atoms with E-state index >= 15 is 0 Å². The minimum atomic E-state index is 0.432. The predicted molar refractivity (Wildman–Crippen MR) is 93.9 cm³/mol. The number of alkyl halides is 1. The SMILES string of the molecule is CCC(C)n1ccc(CC2CC(C(C)(C)C)CCC2Br)n1. The molecule has 0 spiro atoms. The fraction of sp³-hybridized carbons (Fsp3) is 0.833. The van der Waals surface area contributed by atoms with Crippen LogP contribution in [0.1, 0.15) is 72.0 Å². The zero-order chi connectivity index (χ0) is 15.6. The van der Waals surface area contributed by atoms with Crippen LogP contribution >= 0.6 is 15.9 Å². The van der Waals surface area contributed by atoms with Gasteiger partial charge in [0, 0.05) is 17.1 Å². The first-order chi connectivity index (χ1) is 9.81. The van der Waals surface area contributed by atoms with Crippen LogP contribution in [0.5, 0.6) is 0 Å². The highest BCUT2D eigenvalue weighted by molar-refractivity contribution is 9.09. The fourth-order valence-corrected chi connectivity index (χ4v) is 4.08. The number of nitrogens with zero attached hydrogens (tertiary/aromatic N) is 2. The van der Waals surface area contributed by atoms with E-state index in [-0.39, 0.29) is 0 Å². The standard InChI is InChI=1S/C18H31BrN2/c1-6-13(2)21-10-9-16(20-21)12-14-11-15(18(3,4)5)7-8-17(14)19/h9-10,13-15,17H,6-8,11-12H2,1-5H3. The van der Waals surface area contributed by atoms with E-state index in [2.05, 4.69) is 67.5 Å². The lowest BCUT2D eigenvalue weighted by atomic mass is 9.68. The lowest BCUT2D eigenvalue weighted by molar-refractivity contribution is 0.146. The summed E-state index contributed by atoms with van der Waals surface area (Å²) in [5.74, 6) is 1.57. The average Bonchev–Trinajstić information content (AvgIpc) is 2.87. The Bertz CT molecular complexity index is 446. The molecular weight excluding hydrogens is 324 g/mol. The van der Waals surface area contributed by atoms with Gasteiger partial charge in [0.05, 0.1) is 5.69 Å². The summed E-state index contributed by atoms with van der Waals surface area (Å²) in [4.78, 5) is 0.657. The first kappa shape index (κ1) is 17.1. The van der Waals surface area contributed by atoms with Gasteiger partial charge in [0.2, 0.25) is 0 Å². The summed E-state index contributed by atoms with van der Waals surface area (Å²) in [6.07, 6.45) is 8.39. The smallest absolute Gasteiger partial charge is 0.0627 e. The average molecular weight is 355 g/mol. The molecule has 1 aromatic heterocycles. The van der Waals surface area contributed by atoms with Gasteiger partial charge in [-0.05, 0) is 62.3 Å². The molecule has 1 aliphatic rings. The van der Waals surface area contributed by atoms with Crippen molar-refractivity contribution in [1.29, 1.82) is 0 Å². The summed E-state index contributed by atoms with van der Waals surface area (Å²) in [6.45, 7) is 11.6. The number of aromatic nitrogens is 2. The molecule has 21 heavy (non-hydrogen) atoms. The summed E-state index contributed by atoms with van der Waals surface area (Å²) < 4.78 is 2.13. The summed E-state index contributed by atoms with van der Waals surface area (Å²) in [7, 11) is 0. The van der Waals surface area contributed by atoms with Crippen molar-refractivity contribution in [2.45, 2.75) is 77.6 Å². The molecule has 0 aliphatic heterocycles. The highest BCUT2D eigenvalue weighted by atomic mass is 79.9. The van der Waals surface area contributed by atoms with E-state index in [4.69, 9.17) is 5.10 Å². The van der Waals surface area contributed by atoms with Crippen molar-refractivity contribution in [2.24, 2.45) is 17.3 Å². The second-order valence-corrected chi connectivity index (χ2v) is 9.08. The fourth-order valence-electron chi connectivity index (χ4n) is 3.41.